The molecule has 0 saturated heterocycles. The van der Waals surface area contributed by atoms with Crippen LogP contribution in [0.15, 0.2) is 12.4 Å². The molecule has 0 aliphatic heterocycles. The largest absolute Gasteiger partial charge is 0.481 e. The fraction of sp³-hybridized carbons (Fsp3) is 0.667. The molecular formula is C12H19N3O2. The molecule has 0 amide bonds. The van der Waals surface area contributed by atoms with Gasteiger partial charge in [-0.15, -0.1) is 0 Å². The maximum absolute atomic E-state index is 10.8. The van der Waals surface area contributed by atoms with Crippen LogP contribution in [-0.4, -0.2) is 26.7 Å². The molecule has 2 rings (SSSR count). The van der Waals surface area contributed by atoms with E-state index >= 15 is 0 Å². The lowest BCUT2D eigenvalue weighted by molar-refractivity contribution is -0.142. The summed E-state index contributed by atoms with van der Waals surface area (Å²) in [4.78, 5) is 15.1. The summed E-state index contributed by atoms with van der Waals surface area (Å²) in [5.74, 6) is 0.235. The molecule has 17 heavy (non-hydrogen) atoms. The molecule has 0 aromatic carbocycles. The third-order valence-corrected chi connectivity index (χ3v) is 3.55. The van der Waals surface area contributed by atoms with Crippen LogP contribution in [0.2, 0.25) is 0 Å². The van der Waals surface area contributed by atoms with Gasteiger partial charge in [0.25, 0.3) is 0 Å². The molecule has 94 valence electrons. The summed E-state index contributed by atoms with van der Waals surface area (Å²) >= 11 is 0. The van der Waals surface area contributed by atoms with Crippen molar-refractivity contribution in [2.45, 2.75) is 38.3 Å². The number of aromatic nitrogens is 2. The van der Waals surface area contributed by atoms with Crippen LogP contribution in [0.5, 0.6) is 0 Å². The van der Waals surface area contributed by atoms with Crippen molar-refractivity contribution in [1.82, 2.24) is 14.9 Å². The van der Waals surface area contributed by atoms with E-state index in [2.05, 4.69) is 10.3 Å². The topological polar surface area (TPSA) is 67.2 Å². The maximum atomic E-state index is 10.8. The van der Waals surface area contributed by atoms with E-state index in [1.54, 1.807) is 6.20 Å². The SMILES string of the molecule is Cn1ccnc1CNC1CCC(C(=O)O)CC1. The fourth-order valence-corrected chi connectivity index (χ4v) is 2.35. The first-order chi connectivity index (χ1) is 8.16. The van der Waals surface area contributed by atoms with Crippen LogP contribution < -0.4 is 5.32 Å². The summed E-state index contributed by atoms with van der Waals surface area (Å²) in [7, 11) is 1.98. The first-order valence-electron chi connectivity index (χ1n) is 6.09. The lowest BCUT2D eigenvalue weighted by Crippen LogP contribution is -2.35. The van der Waals surface area contributed by atoms with Crippen LogP contribution in [0, 0.1) is 5.92 Å². The second-order valence-corrected chi connectivity index (χ2v) is 4.72. The Bertz CT molecular complexity index is 381. The summed E-state index contributed by atoms with van der Waals surface area (Å²) in [5.41, 5.74) is 0. The molecule has 1 aliphatic carbocycles. The number of nitrogens with zero attached hydrogens (tertiary/aromatic N) is 2. The molecule has 0 radical (unpaired) electrons. The average molecular weight is 237 g/mol. The Morgan fingerprint density at radius 3 is 2.76 bits per heavy atom. The van der Waals surface area contributed by atoms with Gasteiger partial charge in [0.15, 0.2) is 0 Å². The number of carbonyl (C=O) groups is 1. The van der Waals surface area contributed by atoms with E-state index in [1.165, 1.54) is 0 Å². The van der Waals surface area contributed by atoms with Crippen molar-refractivity contribution >= 4 is 5.97 Å². The smallest absolute Gasteiger partial charge is 0.306 e. The van der Waals surface area contributed by atoms with Crippen molar-refractivity contribution in [3.8, 4) is 0 Å². The van der Waals surface area contributed by atoms with Gasteiger partial charge in [-0.3, -0.25) is 4.79 Å². The van der Waals surface area contributed by atoms with Crippen molar-refractivity contribution in [2.75, 3.05) is 0 Å². The average Bonchev–Trinajstić information content (AvgIpc) is 2.73. The monoisotopic (exact) mass is 237 g/mol. The number of aliphatic carboxylic acids is 1. The minimum atomic E-state index is -0.646. The van der Waals surface area contributed by atoms with E-state index in [0.29, 0.717) is 6.04 Å². The van der Waals surface area contributed by atoms with Crippen LogP contribution in [0.4, 0.5) is 0 Å². The molecule has 0 bridgehead atoms. The fourth-order valence-electron chi connectivity index (χ4n) is 2.35. The van der Waals surface area contributed by atoms with Crippen molar-refractivity contribution in [1.29, 1.82) is 0 Å². The van der Waals surface area contributed by atoms with Crippen LogP contribution in [0.1, 0.15) is 31.5 Å². The highest BCUT2D eigenvalue weighted by molar-refractivity contribution is 5.70. The zero-order chi connectivity index (χ0) is 12.3. The first-order valence-corrected chi connectivity index (χ1v) is 6.09. The number of imidazole rings is 1. The summed E-state index contributed by atoms with van der Waals surface area (Å²) in [5, 5.41) is 12.4. The molecular weight excluding hydrogens is 218 g/mol. The maximum Gasteiger partial charge on any atom is 0.306 e. The summed E-state index contributed by atoms with van der Waals surface area (Å²) in [6, 6.07) is 0.433. The van der Waals surface area contributed by atoms with E-state index in [4.69, 9.17) is 5.11 Å². The number of hydrogen-bond donors (Lipinski definition) is 2. The molecule has 5 heteroatoms. The number of aryl methyl sites for hydroxylation is 1. The summed E-state index contributed by atoms with van der Waals surface area (Å²) in [6.45, 7) is 0.756. The Kier molecular flexibility index (Phi) is 3.78. The van der Waals surface area contributed by atoms with Crippen LogP contribution in [0.3, 0.4) is 0 Å². The van der Waals surface area contributed by atoms with Crippen LogP contribution in [-0.2, 0) is 18.4 Å². The van der Waals surface area contributed by atoms with E-state index in [1.807, 2.05) is 17.8 Å². The molecule has 1 aromatic heterocycles. The van der Waals surface area contributed by atoms with Gasteiger partial charge in [-0.2, -0.15) is 0 Å². The Hall–Kier alpha value is -1.36. The zero-order valence-corrected chi connectivity index (χ0v) is 10.1. The Balaban J connectivity index is 1.75. The summed E-state index contributed by atoms with van der Waals surface area (Å²) in [6.07, 6.45) is 7.18. The van der Waals surface area contributed by atoms with Gasteiger partial charge in [0, 0.05) is 25.5 Å². The number of hydrogen-bond acceptors (Lipinski definition) is 3. The second-order valence-electron chi connectivity index (χ2n) is 4.72. The molecule has 5 nitrogen and oxygen atoms in total. The van der Waals surface area contributed by atoms with E-state index in [-0.39, 0.29) is 5.92 Å². The standard InChI is InChI=1S/C12H19N3O2/c1-15-7-6-13-11(15)8-14-10-4-2-9(3-5-10)12(16)17/h6-7,9-10,14H,2-5,8H2,1H3,(H,16,17). The Morgan fingerprint density at radius 1 is 1.53 bits per heavy atom. The third kappa shape index (κ3) is 3.06. The lowest BCUT2D eigenvalue weighted by atomic mass is 9.86. The number of rotatable bonds is 4. The van der Waals surface area contributed by atoms with Crippen molar-refractivity contribution in [3.63, 3.8) is 0 Å². The molecule has 0 unspecified atom stereocenters. The quantitative estimate of drug-likeness (QED) is 0.824. The van der Waals surface area contributed by atoms with Crippen molar-refractivity contribution in [3.05, 3.63) is 18.2 Å². The lowest BCUT2D eigenvalue weighted by Gasteiger charge is -2.26. The Morgan fingerprint density at radius 2 is 2.24 bits per heavy atom. The third-order valence-electron chi connectivity index (χ3n) is 3.55. The predicted octanol–water partition coefficient (Wildman–Crippen LogP) is 1.15. The molecule has 2 N–H and O–H groups in total. The molecule has 1 heterocycles. The van der Waals surface area contributed by atoms with Crippen LogP contribution >= 0.6 is 0 Å². The minimum absolute atomic E-state index is 0.138. The van der Waals surface area contributed by atoms with Gasteiger partial charge in [0.2, 0.25) is 0 Å². The predicted molar refractivity (Wildman–Crippen MR) is 63.4 cm³/mol. The van der Waals surface area contributed by atoms with Crippen molar-refractivity contribution < 1.29 is 9.90 Å². The highest BCUT2D eigenvalue weighted by Crippen LogP contribution is 2.24. The molecule has 1 aliphatic rings. The molecule has 1 saturated carbocycles. The second kappa shape index (κ2) is 5.31. The number of carboxylic acid groups (broad SMARTS) is 1. The van der Waals surface area contributed by atoms with Gasteiger partial charge >= 0.3 is 5.97 Å². The van der Waals surface area contributed by atoms with E-state index in [9.17, 15) is 4.79 Å². The van der Waals surface area contributed by atoms with Gasteiger partial charge in [-0.05, 0) is 25.7 Å². The normalized spacial score (nSPS) is 24.8. The number of carboxylic acids is 1. The van der Waals surface area contributed by atoms with Crippen LogP contribution in [0.25, 0.3) is 0 Å². The highest BCUT2D eigenvalue weighted by Gasteiger charge is 2.25. The van der Waals surface area contributed by atoms with Gasteiger partial charge in [-0.1, -0.05) is 0 Å². The number of nitrogens with one attached hydrogen (secondary N) is 1. The summed E-state index contributed by atoms with van der Waals surface area (Å²) < 4.78 is 2.00. The van der Waals surface area contributed by atoms with Gasteiger partial charge < -0.3 is 15.0 Å². The zero-order valence-electron chi connectivity index (χ0n) is 10.1. The molecule has 1 fully saturated rings. The molecule has 0 atom stereocenters. The Labute approximate surface area is 101 Å². The van der Waals surface area contributed by atoms with Gasteiger partial charge in [0.1, 0.15) is 5.82 Å². The van der Waals surface area contributed by atoms with E-state index in [0.717, 1.165) is 38.1 Å². The van der Waals surface area contributed by atoms with Crippen molar-refractivity contribution in [2.24, 2.45) is 13.0 Å². The molecule has 0 spiro atoms. The van der Waals surface area contributed by atoms with Gasteiger partial charge in [0.05, 0.1) is 12.5 Å². The van der Waals surface area contributed by atoms with Gasteiger partial charge in [-0.25, -0.2) is 4.98 Å². The highest BCUT2D eigenvalue weighted by atomic mass is 16.4. The minimum Gasteiger partial charge on any atom is -0.481 e. The van der Waals surface area contributed by atoms with E-state index < -0.39 is 5.97 Å². The first kappa shape index (κ1) is 12.1. The molecule has 1 aromatic rings.